The van der Waals surface area contributed by atoms with E-state index >= 15 is 0 Å². The standard InChI is InChI=1S/C25H20N4O4/c1-29-19-10-9-15(12-16(19)22-24(29)28-18-7-5-4-6-17(18)27-22)26-13-14-8-11-20(32-2)23(33-3)21(14)25(30)31/h4-13H,1-3H3,(H,30,31)/p-1. The van der Waals surface area contributed by atoms with Gasteiger partial charge in [0.05, 0.1) is 48.0 Å². The highest BCUT2D eigenvalue weighted by Crippen LogP contribution is 2.33. The molecule has 0 amide bonds. The Morgan fingerprint density at radius 3 is 2.48 bits per heavy atom. The van der Waals surface area contributed by atoms with Crippen LogP contribution in [0.2, 0.25) is 0 Å². The molecule has 0 fully saturated rings. The first kappa shape index (κ1) is 20.4. The number of benzene rings is 3. The lowest BCUT2D eigenvalue weighted by molar-refractivity contribution is -0.255. The van der Waals surface area contributed by atoms with E-state index in [0.717, 1.165) is 33.1 Å². The van der Waals surface area contributed by atoms with Crippen LogP contribution in [0.3, 0.4) is 0 Å². The first-order valence-electron chi connectivity index (χ1n) is 10.2. The van der Waals surface area contributed by atoms with Crippen LogP contribution in [0.1, 0.15) is 15.9 Å². The van der Waals surface area contributed by atoms with E-state index in [-0.39, 0.29) is 11.3 Å². The van der Waals surface area contributed by atoms with Crippen molar-refractivity contribution in [2.45, 2.75) is 0 Å². The molecule has 2 heterocycles. The third kappa shape index (κ3) is 3.32. The number of aromatic carboxylic acids is 1. The number of rotatable bonds is 5. The number of aromatic nitrogens is 3. The van der Waals surface area contributed by atoms with E-state index in [0.29, 0.717) is 17.0 Å². The number of hydrogen-bond donors (Lipinski definition) is 0. The molecule has 0 atom stereocenters. The quantitative estimate of drug-likeness (QED) is 0.389. The number of fused-ring (bicyclic) bond motifs is 4. The summed E-state index contributed by atoms with van der Waals surface area (Å²) in [6.07, 6.45) is 1.47. The molecule has 0 aliphatic rings. The van der Waals surface area contributed by atoms with Crippen LogP contribution < -0.4 is 14.6 Å². The molecule has 0 spiro atoms. The maximum absolute atomic E-state index is 11.8. The molecule has 0 N–H and O–H groups in total. The Bertz CT molecular complexity index is 1590. The summed E-state index contributed by atoms with van der Waals surface area (Å²) in [5.74, 6) is -0.983. The number of carbonyl (C=O) groups is 1. The topological polar surface area (TPSA) is 102 Å². The number of hydrogen-bond acceptors (Lipinski definition) is 7. The number of aliphatic imine (C=N–C) groups is 1. The van der Waals surface area contributed by atoms with E-state index in [2.05, 4.69) is 4.99 Å². The van der Waals surface area contributed by atoms with Gasteiger partial charge in [0.25, 0.3) is 0 Å². The number of para-hydroxylation sites is 2. The van der Waals surface area contributed by atoms with Crippen LogP contribution in [0.4, 0.5) is 5.69 Å². The maximum Gasteiger partial charge on any atom is 0.170 e. The van der Waals surface area contributed by atoms with Crippen LogP contribution in [-0.2, 0) is 7.05 Å². The number of ether oxygens (including phenoxy) is 2. The molecule has 0 saturated carbocycles. The van der Waals surface area contributed by atoms with Gasteiger partial charge < -0.3 is 23.9 Å². The molecule has 0 aliphatic carbocycles. The van der Waals surface area contributed by atoms with E-state index in [1.165, 1.54) is 20.4 Å². The van der Waals surface area contributed by atoms with E-state index in [9.17, 15) is 9.90 Å². The fourth-order valence-corrected chi connectivity index (χ4v) is 4.01. The fraction of sp³-hybridized carbons (Fsp3) is 0.120. The lowest BCUT2D eigenvalue weighted by Gasteiger charge is -2.15. The highest BCUT2D eigenvalue weighted by Gasteiger charge is 2.16. The van der Waals surface area contributed by atoms with Crippen molar-refractivity contribution < 1.29 is 19.4 Å². The van der Waals surface area contributed by atoms with Crippen molar-refractivity contribution in [3.8, 4) is 11.5 Å². The Morgan fingerprint density at radius 2 is 1.79 bits per heavy atom. The average Bonchev–Trinajstić information content (AvgIpc) is 3.11. The summed E-state index contributed by atoms with van der Waals surface area (Å²) >= 11 is 0. The zero-order valence-electron chi connectivity index (χ0n) is 18.2. The molecule has 2 aromatic heterocycles. The lowest BCUT2D eigenvalue weighted by Crippen LogP contribution is -2.24. The number of carboxylic acid groups (broad SMARTS) is 1. The van der Waals surface area contributed by atoms with Gasteiger partial charge >= 0.3 is 0 Å². The minimum Gasteiger partial charge on any atom is -0.545 e. The molecule has 0 radical (unpaired) electrons. The SMILES string of the molecule is COc1ccc(C=Nc2ccc3c(c2)c2nc4ccccc4nc2n3C)c(C(=O)[O-])c1OC. The van der Waals surface area contributed by atoms with E-state index in [1.807, 2.05) is 54.1 Å². The van der Waals surface area contributed by atoms with E-state index in [4.69, 9.17) is 19.4 Å². The molecular formula is C25H19N4O4-. The van der Waals surface area contributed by atoms with Gasteiger partial charge in [-0.3, -0.25) is 4.99 Å². The normalized spacial score (nSPS) is 11.6. The largest absolute Gasteiger partial charge is 0.545 e. The van der Waals surface area contributed by atoms with E-state index in [1.54, 1.807) is 12.1 Å². The maximum atomic E-state index is 11.8. The van der Waals surface area contributed by atoms with Crippen LogP contribution in [0.15, 0.2) is 59.6 Å². The van der Waals surface area contributed by atoms with Gasteiger partial charge in [-0.15, -0.1) is 0 Å². The van der Waals surface area contributed by atoms with Crippen molar-refractivity contribution in [3.63, 3.8) is 0 Å². The third-order valence-electron chi connectivity index (χ3n) is 5.60. The third-order valence-corrected chi connectivity index (χ3v) is 5.60. The van der Waals surface area contributed by atoms with Crippen molar-refractivity contribution in [2.24, 2.45) is 12.0 Å². The molecular weight excluding hydrogens is 420 g/mol. The molecule has 33 heavy (non-hydrogen) atoms. The molecule has 0 unspecified atom stereocenters. The molecule has 5 aromatic rings. The summed E-state index contributed by atoms with van der Waals surface area (Å²) in [4.78, 5) is 25.9. The van der Waals surface area contributed by atoms with Gasteiger partial charge in [-0.05, 0) is 42.5 Å². The molecule has 0 aliphatic heterocycles. The summed E-state index contributed by atoms with van der Waals surface area (Å²) < 4.78 is 12.4. The van der Waals surface area contributed by atoms with Gasteiger partial charge in [-0.25, -0.2) is 9.97 Å². The van der Waals surface area contributed by atoms with Crippen molar-refractivity contribution in [1.29, 1.82) is 0 Å². The summed E-state index contributed by atoms with van der Waals surface area (Å²) in [7, 11) is 4.77. The second-order valence-electron chi connectivity index (χ2n) is 7.46. The fourth-order valence-electron chi connectivity index (χ4n) is 4.01. The van der Waals surface area contributed by atoms with Crippen LogP contribution in [-0.4, -0.2) is 40.9 Å². The average molecular weight is 439 g/mol. The molecule has 8 nitrogen and oxygen atoms in total. The van der Waals surface area contributed by atoms with Crippen molar-refractivity contribution in [2.75, 3.05) is 14.2 Å². The summed E-state index contributed by atoms with van der Waals surface area (Å²) in [6, 6.07) is 16.7. The first-order valence-corrected chi connectivity index (χ1v) is 10.2. The highest BCUT2D eigenvalue weighted by atomic mass is 16.5. The van der Waals surface area contributed by atoms with E-state index < -0.39 is 5.97 Å². The molecule has 8 heteroatoms. The summed E-state index contributed by atoms with van der Waals surface area (Å²) in [6.45, 7) is 0. The number of aryl methyl sites for hydroxylation is 1. The number of carbonyl (C=O) groups excluding carboxylic acids is 1. The number of methoxy groups -OCH3 is 2. The summed E-state index contributed by atoms with van der Waals surface area (Å²) in [5, 5.41) is 12.7. The second-order valence-corrected chi connectivity index (χ2v) is 7.46. The smallest absolute Gasteiger partial charge is 0.170 e. The minimum atomic E-state index is -1.38. The number of carboxylic acids is 1. The van der Waals surface area contributed by atoms with Gasteiger partial charge in [0, 0.05) is 24.2 Å². The minimum absolute atomic E-state index is 0.0908. The predicted octanol–water partition coefficient (Wildman–Crippen LogP) is 3.41. The summed E-state index contributed by atoms with van der Waals surface area (Å²) in [5.41, 5.74) is 5.05. The molecule has 0 bridgehead atoms. The van der Waals surface area contributed by atoms with Crippen LogP contribution in [0.5, 0.6) is 11.5 Å². The Hall–Kier alpha value is -4.46. The highest BCUT2D eigenvalue weighted by molar-refractivity contribution is 6.07. The molecule has 0 saturated heterocycles. The van der Waals surface area contributed by atoms with Gasteiger partial charge in [-0.2, -0.15) is 0 Å². The van der Waals surface area contributed by atoms with Crippen LogP contribution in [0.25, 0.3) is 33.1 Å². The van der Waals surface area contributed by atoms with Gasteiger partial charge in [-0.1, -0.05) is 12.1 Å². The van der Waals surface area contributed by atoms with Crippen molar-refractivity contribution >= 4 is 51.0 Å². The van der Waals surface area contributed by atoms with Crippen LogP contribution in [0, 0.1) is 0 Å². The zero-order valence-corrected chi connectivity index (χ0v) is 18.2. The number of nitrogens with zero attached hydrogens (tertiary/aromatic N) is 4. The Labute approximate surface area is 188 Å². The second kappa shape index (κ2) is 7.90. The van der Waals surface area contributed by atoms with Gasteiger partial charge in [0.2, 0.25) is 0 Å². The Balaban J connectivity index is 1.64. The zero-order chi connectivity index (χ0) is 23.1. The van der Waals surface area contributed by atoms with Crippen molar-refractivity contribution in [3.05, 3.63) is 65.7 Å². The lowest BCUT2D eigenvalue weighted by atomic mass is 10.1. The first-order chi connectivity index (χ1) is 16.0. The van der Waals surface area contributed by atoms with Crippen molar-refractivity contribution in [1.82, 2.24) is 14.5 Å². The Kier molecular flexibility index (Phi) is 4.90. The molecule has 3 aromatic carbocycles. The molecule has 5 rings (SSSR count). The van der Waals surface area contributed by atoms with Crippen LogP contribution >= 0.6 is 0 Å². The molecule has 164 valence electrons. The van der Waals surface area contributed by atoms with Gasteiger partial charge in [0.1, 0.15) is 5.52 Å². The monoisotopic (exact) mass is 439 g/mol. The predicted molar refractivity (Wildman–Crippen MR) is 125 cm³/mol. The Morgan fingerprint density at radius 1 is 1.03 bits per heavy atom. The van der Waals surface area contributed by atoms with Gasteiger partial charge in [0.15, 0.2) is 17.1 Å².